The van der Waals surface area contributed by atoms with E-state index in [-0.39, 0.29) is 25.4 Å². The summed E-state index contributed by atoms with van der Waals surface area (Å²) in [6.45, 7) is 4.56. The Morgan fingerprint density at radius 3 is 3.03 bits per heavy atom. The third kappa shape index (κ3) is 4.13. The first-order valence-electron chi connectivity index (χ1n) is 9.38. The van der Waals surface area contributed by atoms with Crippen LogP contribution in [0, 0.1) is 0 Å². The van der Waals surface area contributed by atoms with Crippen molar-refractivity contribution in [3.8, 4) is 5.75 Å². The molecule has 2 aliphatic rings. The van der Waals surface area contributed by atoms with Gasteiger partial charge in [0.15, 0.2) is 5.60 Å². The maximum atomic E-state index is 13.0. The standard InChI is InChI=1S/C20H23ClN2O5S/c1-19(2,25)11-26-15-4-3-13(9-14(15)21)17(24)23-7-5-20(18-22-6-8-29-18)16(10-23)27-12-28-20/h3-4,6,8-9,16,25H,5,7,10-12H2,1-2H3/t16-,20+/m1/s1. The molecule has 2 aliphatic heterocycles. The molecule has 0 radical (unpaired) electrons. The fourth-order valence-corrected chi connectivity index (χ4v) is 4.69. The number of halogens is 1. The van der Waals surface area contributed by atoms with Crippen LogP contribution in [0.5, 0.6) is 5.75 Å². The molecule has 2 fully saturated rings. The Bertz CT molecular complexity index is 885. The first-order valence-corrected chi connectivity index (χ1v) is 10.6. The van der Waals surface area contributed by atoms with Crippen LogP contribution in [0.4, 0.5) is 0 Å². The molecule has 7 nitrogen and oxygen atoms in total. The number of carbonyl (C=O) groups excluding carboxylic acids is 1. The summed E-state index contributed by atoms with van der Waals surface area (Å²) in [5.41, 5.74) is -1.07. The number of aliphatic hydroxyl groups is 1. The minimum Gasteiger partial charge on any atom is -0.489 e. The summed E-state index contributed by atoms with van der Waals surface area (Å²) >= 11 is 7.83. The zero-order valence-corrected chi connectivity index (χ0v) is 17.8. The number of nitrogens with zero attached hydrogens (tertiary/aromatic N) is 2. The number of carbonyl (C=O) groups is 1. The maximum absolute atomic E-state index is 13.0. The summed E-state index contributed by atoms with van der Waals surface area (Å²) in [5, 5.41) is 12.9. The van der Waals surface area contributed by atoms with Crippen LogP contribution in [0.2, 0.25) is 5.02 Å². The van der Waals surface area contributed by atoms with Crippen LogP contribution in [-0.2, 0) is 15.1 Å². The number of aromatic nitrogens is 1. The summed E-state index contributed by atoms with van der Waals surface area (Å²) in [6.07, 6.45) is 2.13. The van der Waals surface area contributed by atoms with Gasteiger partial charge in [-0.2, -0.15) is 0 Å². The SMILES string of the molecule is CC(C)(O)COc1ccc(C(=O)N2CC[C@]3(c4nccs4)OCO[C@@H]3C2)cc1Cl. The zero-order chi connectivity index (χ0) is 20.6. The van der Waals surface area contributed by atoms with Gasteiger partial charge >= 0.3 is 0 Å². The van der Waals surface area contributed by atoms with Gasteiger partial charge in [-0.1, -0.05) is 11.6 Å². The lowest BCUT2D eigenvalue weighted by Gasteiger charge is -2.40. The van der Waals surface area contributed by atoms with Gasteiger partial charge in [-0.25, -0.2) is 4.98 Å². The molecule has 0 aliphatic carbocycles. The summed E-state index contributed by atoms with van der Waals surface area (Å²) < 4.78 is 17.3. The van der Waals surface area contributed by atoms with Gasteiger partial charge in [-0.15, -0.1) is 11.3 Å². The molecule has 1 aromatic heterocycles. The van der Waals surface area contributed by atoms with E-state index in [1.165, 1.54) is 0 Å². The minimum absolute atomic E-state index is 0.101. The van der Waals surface area contributed by atoms with Gasteiger partial charge in [0.1, 0.15) is 30.3 Å². The first kappa shape index (κ1) is 20.6. The van der Waals surface area contributed by atoms with Crippen LogP contribution in [0.15, 0.2) is 29.8 Å². The normalized spacial score (nSPS) is 24.4. The molecule has 0 unspecified atom stereocenters. The van der Waals surface area contributed by atoms with E-state index in [0.29, 0.717) is 35.8 Å². The molecule has 0 bridgehead atoms. The Hall–Kier alpha value is -1.71. The van der Waals surface area contributed by atoms with Crippen molar-refractivity contribution in [2.24, 2.45) is 0 Å². The number of amides is 1. The number of hydrogen-bond donors (Lipinski definition) is 1. The van der Waals surface area contributed by atoms with Gasteiger partial charge in [0.05, 0.1) is 17.2 Å². The molecular formula is C20H23ClN2O5S. The van der Waals surface area contributed by atoms with Crippen molar-refractivity contribution >= 4 is 28.8 Å². The number of likely N-dealkylation sites (tertiary alicyclic amines) is 1. The molecule has 1 amide bonds. The van der Waals surface area contributed by atoms with E-state index in [1.807, 2.05) is 5.38 Å². The van der Waals surface area contributed by atoms with Gasteiger partial charge in [0.25, 0.3) is 5.91 Å². The van der Waals surface area contributed by atoms with E-state index in [1.54, 1.807) is 54.5 Å². The average molecular weight is 439 g/mol. The Kier molecular flexibility index (Phi) is 5.56. The summed E-state index contributed by atoms with van der Waals surface area (Å²) in [7, 11) is 0. The molecule has 2 aromatic rings. The van der Waals surface area contributed by atoms with Crippen molar-refractivity contribution in [1.29, 1.82) is 0 Å². The summed E-state index contributed by atoms with van der Waals surface area (Å²) in [5.74, 6) is 0.309. The van der Waals surface area contributed by atoms with Crippen molar-refractivity contribution in [3.05, 3.63) is 45.4 Å². The van der Waals surface area contributed by atoms with Crippen LogP contribution < -0.4 is 4.74 Å². The molecule has 9 heteroatoms. The van der Waals surface area contributed by atoms with Gasteiger partial charge < -0.3 is 24.2 Å². The second kappa shape index (κ2) is 7.85. The van der Waals surface area contributed by atoms with Crippen LogP contribution in [0.3, 0.4) is 0 Å². The fraction of sp³-hybridized carbons (Fsp3) is 0.500. The van der Waals surface area contributed by atoms with E-state index >= 15 is 0 Å². The van der Waals surface area contributed by atoms with Crippen molar-refractivity contribution in [2.75, 3.05) is 26.5 Å². The number of piperidine rings is 1. The highest BCUT2D eigenvalue weighted by molar-refractivity contribution is 7.09. The van der Waals surface area contributed by atoms with Gasteiger partial charge in [-0.3, -0.25) is 4.79 Å². The van der Waals surface area contributed by atoms with Crippen molar-refractivity contribution in [1.82, 2.24) is 9.88 Å². The smallest absolute Gasteiger partial charge is 0.254 e. The van der Waals surface area contributed by atoms with E-state index in [0.717, 1.165) is 5.01 Å². The second-order valence-electron chi connectivity index (χ2n) is 7.89. The fourth-order valence-electron chi connectivity index (χ4n) is 3.59. The lowest BCUT2D eigenvalue weighted by atomic mass is 9.89. The lowest BCUT2D eigenvalue weighted by molar-refractivity contribution is -0.0440. The predicted octanol–water partition coefficient (Wildman–Crippen LogP) is 3.06. The molecule has 29 heavy (non-hydrogen) atoms. The van der Waals surface area contributed by atoms with Crippen molar-refractivity contribution < 1.29 is 24.1 Å². The highest BCUT2D eigenvalue weighted by Crippen LogP contribution is 2.43. The number of rotatable bonds is 5. The number of fused-ring (bicyclic) bond motifs is 1. The Balaban J connectivity index is 1.46. The molecule has 4 rings (SSSR count). The van der Waals surface area contributed by atoms with E-state index < -0.39 is 11.2 Å². The Labute approximate surface area is 178 Å². The maximum Gasteiger partial charge on any atom is 0.254 e. The van der Waals surface area contributed by atoms with E-state index in [2.05, 4.69) is 4.98 Å². The topological polar surface area (TPSA) is 81.1 Å². The first-order chi connectivity index (χ1) is 13.8. The van der Waals surface area contributed by atoms with Crippen LogP contribution in [-0.4, -0.2) is 59.1 Å². The highest BCUT2D eigenvalue weighted by atomic mass is 35.5. The van der Waals surface area contributed by atoms with Crippen molar-refractivity contribution in [2.45, 2.75) is 37.6 Å². The molecule has 0 saturated carbocycles. The highest BCUT2D eigenvalue weighted by Gasteiger charge is 2.52. The van der Waals surface area contributed by atoms with Gasteiger partial charge in [0.2, 0.25) is 0 Å². The van der Waals surface area contributed by atoms with E-state index in [9.17, 15) is 9.90 Å². The Morgan fingerprint density at radius 1 is 1.52 bits per heavy atom. The molecular weight excluding hydrogens is 416 g/mol. The number of benzene rings is 1. The second-order valence-corrected chi connectivity index (χ2v) is 9.19. The third-order valence-corrected chi connectivity index (χ3v) is 6.31. The number of ether oxygens (including phenoxy) is 3. The molecule has 2 atom stereocenters. The Morgan fingerprint density at radius 2 is 2.34 bits per heavy atom. The third-order valence-electron chi connectivity index (χ3n) is 5.09. The quantitative estimate of drug-likeness (QED) is 0.772. The largest absolute Gasteiger partial charge is 0.489 e. The number of thiazole rings is 1. The predicted molar refractivity (Wildman–Crippen MR) is 108 cm³/mol. The van der Waals surface area contributed by atoms with Gasteiger partial charge in [0, 0.05) is 30.1 Å². The average Bonchev–Trinajstić information content (AvgIpc) is 3.35. The van der Waals surface area contributed by atoms with Crippen LogP contribution >= 0.6 is 22.9 Å². The summed E-state index contributed by atoms with van der Waals surface area (Å²) in [6, 6.07) is 4.93. The minimum atomic E-state index is -0.973. The zero-order valence-electron chi connectivity index (χ0n) is 16.3. The molecule has 2 saturated heterocycles. The molecule has 1 N–H and O–H groups in total. The molecule has 3 heterocycles. The molecule has 156 valence electrons. The van der Waals surface area contributed by atoms with Crippen LogP contribution in [0.25, 0.3) is 0 Å². The monoisotopic (exact) mass is 438 g/mol. The number of hydrogen-bond acceptors (Lipinski definition) is 7. The van der Waals surface area contributed by atoms with E-state index in [4.69, 9.17) is 25.8 Å². The van der Waals surface area contributed by atoms with Crippen LogP contribution in [0.1, 0.15) is 35.6 Å². The molecule has 0 spiro atoms. The van der Waals surface area contributed by atoms with Gasteiger partial charge in [-0.05, 0) is 32.0 Å². The molecule has 1 aromatic carbocycles. The van der Waals surface area contributed by atoms with Crippen molar-refractivity contribution in [3.63, 3.8) is 0 Å². The summed E-state index contributed by atoms with van der Waals surface area (Å²) in [4.78, 5) is 19.2. The lowest BCUT2D eigenvalue weighted by Crippen LogP contribution is -2.53.